The van der Waals surface area contributed by atoms with E-state index in [4.69, 9.17) is 5.11 Å². The molecule has 1 aromatic carbocycles. The lowest BCUT2D eigenvalue weighted by Crippen LogP contribution is -2.31. The van der Waals surface area contributed by atoms with E-state index in [-0.39, 0.29) is 11.3 Å². The van der Waals surface area contributed by atoms with Crippen LogP contribution < -0.4 is 4.90 Å². The Bertz CT molecular complexity index is 485. The van der Waals surface area contributed by atoms with Crippen molar-refractivity contribution in [2.24, 2.45) is 0 Å². The predicted octanol–water partition coefficient (Wildman–Crippen LogP) is 3.05. The monoisotopic (exact) mass is 267 g/mol. The molecule has 0 saturated carbocycles. The fourth-order valence-electron chi connectivity index (χ4n) is 2.27. The van der Waals surface area contributed by atoms with E-state index in [1.807, 2.05) is 0 Å². The second-order valence-corrected chi connectivity index (χ2v) is 4.55. The first-order valence-electron chi connectivity index (χ1n) is 6.23. The van der Waals surface area contributed by atoms with Gasteiger partial charge in [0.25, 0.3) is 0 Å². The molecule has 0 amide bonds. The highest BCUT2D eigenvalue weighted by Crippen LogP contribution is 2.28. The molecule has 0 aliphatic carbocycles. The van der Waals surface area contributed by atoms with Gasteiger partial charge < -0.3 is 10.0 Å². The molecule has 1 fully saturated rings. The summed E-state index contributed by atoms with van der Waals surface area (Å²) in [4.78, 5) is 12.1. The topological polar surface area (TPSA) is 40.5 Å². The first-order chi connectivity index (χ1) is 9.08. The molecule has 2 rings (SSSR count). The van der Waals surface area contributed by atoms with Crippen molar-refractivity contribution in [1.29, 1.82) is 0 Å². The standard InChI is InChI=1S/C14H15F2NO2/c15-11-8-10(4-5-13(18)19)9-12(16)14(11)17-6-2-1-3-7-17/h4-5,8-9H,1-3,6-7H2,(H,18,19). The van der Waals surface area contributed by atoms with E-state index in [2.05, 4.69) is 0 Å². The normalized spacial score (nSPS) is 16.0. The molecular formula is C14H15F2NO2. The summed E-state index contributed by atoms with van der Waals surface area (Å²) in [5.74, 6) is -2.44. The molecule has 0 unspecified atom stereocenters. The summed E-state index contributed by atoms with van der Waals surface area (Å²) < 4.78 is 27.9. The molecular weight excluding hydrogens is 252 g/mol. The van der Waals surface area contributed by atoms with Gasteiger partial charge in [0.05, 0.1) is 0 Å². The lowest BCUT2D eigenvalue weighted by Gasteiger charge is -2.29. The van der Waals surface area contributed by atoms with Gasteiger partial charge in [-0.25, -0.2) is 13.6 Å². The minimum atomic E-state index is -1.15. The fourth-order valence-corrected chi connectivity index (χ4v) is 2.27. The van der Waals surface area contributed by atoms with E-state index in [1.54, 1.807) is 4.90 Å². The number of halogens is 2. The Labute approximate surface area is 110 Å². The number of nitrogens with zero attached hydrogens (tertiary/aromatic N) is 1. The molecule has 1 heterocycles. The minimum Gasteiger partial charge on any atom is -0.478 e. The number of carboxylic acid groups (broad SMARTS) is 1. The highest BCUT2D eigenvalue weighted by molar-refractivity contribution is 5.85. The average Bonchev–Trinajstić information content (AvgIpc) is 2.37. The minimum absolute atomic E-state index is 0.00725. The van der Waals surface area contributed by atoms with Crippen LogP contribution in [0.25, 0.3) is 6.08 Å². The number of anilines is 1. The van der Waals surface area contributed by atoms with E-state index in [1.165, 1.54) is 6.08 Å². The summed E-state index contributed by atoms with van der Waals surface area (Å²) in [7, 11) is 0. The van der Waals surface area contributed by atoms with E-state index >= 15 is 0 Å². The van der Waals surface area contributed by atoms with Gasteiger partial charge in [-0.15, -0.1) is 0 Å². The molecule has 0 radical (unpaired) electrons. The molecule has 3 nitrogen and oxygen atoms in total. The van der Waals surface area contributed by atoms with E-state index in [0.29, 0.717) is 13.1 Å². The van der Waals surface area contributed by atoms with Crippen LogP contribution in [0.4, 0.5) is 14.5 Å². The smallest absolute Gasteiger partial charge is 0.328 e. The SMILES string of the molecule is O=C(O)C=Cc1cc(F)c(N2CCCCC2)c(F)c1. The summed E-state index contributed by atoms with van der Waals surface area (Å²) in [6.07, 6.45) is 4.97. The highest BCUT2D eigenvalue weighted by Gasteiger charge is 2.19. The molecule has 19 heavy (non-hydrogen) atoms. The summed E-state index contributed by atoms with van der Waals surface area (Å²) in [5, 5.41) is 8.49. The van der Waals surface area contributed by atoms with Gasteiger partial charge >= 0.3 is 5.97 Å². The van der Waals surface area contributed by atoms with E-state index in [0.717, 1.165) is 37.5 Å². The second-order valence-electron chi connectivity index (χ2n) is 4.55. The highest BCUT2D eigenvalue weighted by atomic mass is 19.1. The zero-order valence-electron chi connectivity index (χ0n) is 10.4. The van der Waals surface area contributed by atoms with Gasteiger partial charge in [0.1, 0.15) is 17.3 Å². The number of hydrogen-bond acceptors (Lipinski definition) is 2. The van der Waals surface area contributed by atoms with Gasteiger partial charge in [0.2, 0.25) is 0 Å². The Kier molecular flexibility index (Phi) is 4.14. The molecule has 0 spiro atoms. The predicted molar refractivity (Wildman–Crippen MR) is 69.1 cm³/mol. The third-order valence-corrected chi connectivity index (χ3v) is 3.13. The molecule has 0 bridgehead atoms. The van der Waals surface area contributed by atoms with Crippen LogP contribution in [0.2, 0.25) is 0 Å². The lowest BCUT2D eigenvalue weighted by molar-refractivity contribution is -0.131. The Morgan fingerprint density at radius 2 is 1.74 bits per heavy atom. The molecule has 1 aromatic rings. The molecule has 1 aliphatic heterocycles. The maximum absolute atomic E-state index is 14.0. The summed E-state index contributed by atoms with van der Waals surface area (Å²) in [6, 6.07) is 2.32. The maximum atomic E-state index is 14.0. The van der Waals surface area contributed by atoms with Crippen molar-refractivity contribution in [2.75, 3.05) is 18.0 Å². The molecule has 5 heteroatoms. The first kappa shape index (κ1) is 13.5. The molecule has 1 saturated heterocycles. The lowest BCUT2D eigenvalue weighted by atomic mass is 10.1. The van der Waals surface area contributed by atoms with Crippen molar-refractivity contribution in [3.05, 3.63) is 35.4 Å². The first-order valence-corrected chi connectivity index (χ1v) is 6.23. The van der Waals surface area contributed by atoms with Crippen molar-refractivity contribution >= 4 is 17.7 Å². The molecule has 102 valence electrons. The van der Waals surface area contributed by atoms with Crippen LogP contribution in [-0.2, 0) is 4.79 Å². The molecule has 0 atom stereocenters. The van der Waals surface area contributed by atoms with Crippen molar-refractivity contribution in [3.8, 4) is 0 Å². The third-order valence-electron chi connectivity index (χ3n) is 3.13. The van der Waals surface area contributed by atoms with Crippen LogP contribution in [0.15, 0.2) is 18.2 Å². The largest absolute Gasteiger partial charge is 0.478 e. The Balaban J connectivity index is 2.28. The Morgan fingerprint density at radius 1 is 1.16 bits per heavy atom. The number of rotatable bonds is 3. The van der Waals surface area contributed by atoms with Gasteiger partial charge in [-0.1, -0.05) is 0 Å². The van der Waals surface area contributed by atoms with Crippen molar-refractivity contribution < 1.29 is 18.7 Å². The van der Waals surface area contributed by atoms with Crippen LogP contribution in [-0.4, -0.2) is 24.2 Å². The van der Waals surface area contributed by atoms with Crippen LogP contribution in [0.1, 0.15) is 24.8 Å². The van der Waals surface area contributed by atoms with Crippen LogP contribution in [0.3, 0.4) is 0 Å². The summed E-state index contributed by atoms with van der Waals surface area (Å²) in [5.41, 5.74) is 0.199. The number of aliphatic carboxylic acids is 1. The van der Waals surface area contributed by atoms with Crippen molar-refractivity contribution in [1.82, 2.24) is 0 Å². The zero-order valence-corrected chi connectivity index (χ0v) is 10.4. The van der Waals surface area contributed by atoms with Gasteiger partial charge in [-0.05, 0) is 43.0 Å². The number of piperidine rings is 1. The van der Waals surface area contributed by atoms with Crippen LogP contribution in [0.5, 0.6) is 0 Å². The Hall–Kier alpha value is -1.91. The Morgan fingerprint density at radius 3 is 2.26 bits per heavy atom. The number of carbonyl (C=O) groups is 1. The van der Waals surface area contributed by atoms with Gasteiger partial charge in [-0.3, -0.25) is 0 Å². The molecule has 0 aromatic heterocycles. The van der Waals surface area contributed by atoms with Gasteiger partial charge in [-0.2, -0.15) is 0 Å². The maximum Gasteiger partial charge on any atom is 0.328 e. The molecule has 1 aliphatic rings. The van der Waals surface area contributed by atoms with Crippen molar-refractivity contribution in [3.63, 3.8) is 0 Å². The molecule has 1 N–H and O–H groups in total. The number of hydrogen-bond donors (Lipinski definition) is 1. The van der Waals surface area contributed by atoms with E-state index < -0.39 is 17.6 Å². The summed E-state index contributed by atoms with van der Waals surface area (Å²) in [6.45, 7) is 1.30. The quantitative estimate of drug-likeness (QED) is 0.856. The summed E-state index contributed by atoms with van der Waals surface area (Å²) >= 11 is 0. The van der Waals surface area contributed by atoms with E-state index in [9.17, 15) is 13.6 Å². The van der Waals surface area contributed by atoms with Crippen molar-refractivity contribution in [2.45, 2.75) is 19.3 Å². The van der Waals surface area contributed by atoms with Gasteiger partial charge in [0.15, 0.2) is 0 Å². The van der Waals surface area contributed by atoms with Crippen LogP contribution >= 0.6 is 0 Å². The van der Waals surface area contributed by atoms with Crippen LogP contribution in [0, 0.1) is 11.6 Å². The number of benzene rings is 1. The number of carboxylic acids is 1. The fraction of sp³-hybridized carbons (Fsp3) is 0.357. The zero-order chi connectivity index (χ0) is 13.8. The second kappa shape index (κ2) is 5.82. The third kappa shape index (κ3) is 3.30. The van der Waals surface area contributed by atoms with Gasteiger partial charge in [0, 0.05) is 19.2 Å². The average molecular weight is 267 g/mol.